The van der Waals surface area contributed by atoms with E-state index in [4.69, 9.17) is 4.74 Å². The summed E-state index contributed by atoms with van der Waals surface area (Å²) in [6.45, 7) is 7.42. The molecule has 0 saturated heterocycles. The molecule has 0 fully saturated rings. The molecule has 0 N–H and O–H groups in total. The lowest BCUT2D eigenvalue weighted by molar-refractivity contribution is 0.0195. The number of ether oxygens (including phenoxy) is 1. The Morgan fingerprint density at radius 1 is 1.38 bits per heavy atom. The van der Waals surface area contributed by atoms with Crippen molar-refractivity contribution in [3.05, 3.63) is 22.8 Å². The van der Waals surface area contributed by atoms with Crippen molar-refractivity contribution in [1.29, 1.82) is 0 Å². The van der Waals surface area contributed by atoms with Crippen LogP contribution in [-0.2, 0) is 17.8 Å². The Kier molecular flexibility index (Phi) is 3.44. The van der Waals surface area contributed by atoms with Crippen LogP contribution in [0.25, 0.3) is 11.3 Å². The fourth-order valence-corrected chi connectivity index (χ4v) is 2.84. The molecule has 1 aliphatic rings. The molecule has 21 heavy (non-hydrogen) atoms. The molecule has 0 aliphatic carbocycles. The van der Waals surface area contributed by atoms with E-state index in [1.54, 1.807) is 21.7 Å². The van der Waals surface area contributed by atoms with Gasteiger partial charge in [0.2, 0.25) is 0 Å². The lowest BCUT2D eigenvalue weighted by Gasteiger charge is -2.30. The van der Waals surface area contributed by atoms with Gasteiger partial charge in [0.05, 0.1) is 36.2 Å². The molecular formula is C14H18N4O2S. The molecule has 1 aliphatic heterocycles. The van der Waals surface area contributed by atoms with Crippen LogP contribution in [0.3, 0.4) is 0 Å². The van der Waals surface area contributed by atoms with Gasteiger partial charge in [-0.1, -0.05) is 0 Å². The van der Waals surface area contributed by atoms with E-state index in [0.29, 0.717) is 19.6 Å². The third kappa shape index (κ3) is 2.92. The average Bonchev–Trinajstić information content (AvgIpc) is 3.04. The molecule has 0 aromatic carbocycles. The van der Waals surface area contributed by atoms with Crippen molar-refractivity contribution < 1.29 is 9.53 Å². The van der Waals surface area contributed by atoms with Gasteiger partial charge in [-0.15, -0.1) is 11.3 Å². The monoisotopic (exact) mass is 306 g/mol. The predicted molar refractivity (Wildman–Crippen MR) is 80.0 cm³/mol. The van der Waals surface area contributed by atoms with E-state index in [1.807, 2.05) is 37.0 Å². The van der Waals surface area contributed by atoms with Crippen molar-refractivity contribution in [1.82, 2.24) is 19.7 Å². The number of hydrogen-bond acceptors (Lipinski definition) is 5. The number of thiazole rings is 1. The molecule has 3 rings (SSSR count). The zero-order chi connectivity index (χ0) is 15.0. The standard InChI is InChI=1S/C14H18N4O2S/c1-14(2,3)20-13(19)17-4-5-18-12(7-17)10(6-16-18)11-8-21-9-15-11/h6,8-9H,4-5,7H2,1-3H3. The van der Waals surface area contributed by atoms with E-state index >= 15 is 0 Å². The van der Waals surface area contributed by atoms with Crippen LogP contribution in [0.1, 0.15) is 26.5 Å². The molecule has 0 unspecified atom stereocenters. The first-order valence-corrected chi connectivity index (χ1v) is 7.79. The Balaban J connectivity index is 1.82. The zero-order valence-corrected chi connectivity index (χ0v) is 13.2. The maximum atomic E-state index is 12.2. The predicted octanol–water partition coefficient (Wildman–Crippen LogP) is 2.76. The topological polar surface area (TPSA) is 60.2 Å². The van der Waals surface area contributed by atoms with E-state index in [0.717, 1.165) is 17.0 Å². The van der Waals surface area contributed by atoms with Crippen molar-refractivity contribution in [3.63, 3.8) is 0 Å². The smallest absolute Gasteiger partial charge is 0.410 e. The second-order valence-corrected chi connectivity index (χ2v) is 6.72. The Morgan fingerprint density at radius 3 is 2.86 bits per heavy atom. The van der Waals surface area contributed by atoms with Crippen molar-refractivity contribution >= 4 is 17.4 Å². The summed E-state index contributed by atoms with van der Waals surface area (Å²) in [6.07, 6.45) is 1.54. The van der Waals surface area contributed by atoms with Crippen molar-refractivity contribution in [2.75, 3.05) is 6.54 Å². The highest BCUT2D eigenvalue weighted by molar-refractivity contribution is 7.07. The largest absolute Gasteiger partial charge is 0.444 e. The van der Waals surface area contributed by atoms with Gasteiger partial charge in [0.25, 0.3) is 0 Å². The quantitative estimate of drug-likeness (QED) is 0.813. The minimum atomic E-state index is -0.480. The molecule has 3 heterocycles. The Labute approximate surface area is 127 Å². The molecule has 6 nitrogen and oxygen atoms in total. The van der Waals surface area contributed by atoms with E-state index < -0.39 is 5.60 Å². The van der Waals surface area contributed by atoms with Crippen molar-refractivity contribution in [2.45, 2.75) is 39.5 Å². The molecule has 7 heteroatoms. The number of hydrogen-bond donors (Lipinski definition) is 0. The number of nitrogens with zero attached hydrogens (tertiary/aromatic N) is 4. The summed E-state index contributed by atoms with van der Waals surface area (Å²) >= 11 is 1.55. The third-order valence-corrected chi connectivity index (χ3v) is 3.82. The Bertz CT molecular complexity index is 642. The van der Waals surface area contributed by atoms with Crippen LogP contribution in [0, 0.1) is 0 Å². The minimum absolute atomic E-state index is 0.279. The molecule has 0 saturated carbocycles. The second kappa shape index (κ2) is 5.14. The zero-order valence-electron chi connectivity index (χ0n) is 12.4. The van der Waals surface area contributed by atoms with Gasteiger partial charge in [0.15, 0.2) is 0 Å². The molecule has 0 spiro atoms. The lowest BCUT2D eigenvalue weighted by atomic mass is 10.1. The van der Waals surface area contributed by atoms with Gasteiger partial charge in [-0.25, -0.2) is 9.78 Å². The number of amides is 1. The first-order chi connectivity index (χ1) is 9.94. The third-order valence-electron chi connectivity index (χ3n) is 3.23. The summed E-state index contributed by atoms with van der Waals surface area (Å²) in [5.74, 6) is 0. The average molecular weight is 306 g/mol. The number of carbonyl (C=O) groups is 1. The fourth-order valence-electron chi connectivity index (χ4n) is 2.29. The first kappa shape index (κ1) is 14.1. The Morgan fingerprint density at radius 2 is 2.19 bits per heavy atom. The fraction of sp³-hybridized carbons (Fsp3) is 0.500. The SMILES string of the molecule is CC(C)(C)OC(=O)N1CCn2ncc(-c3cscn3)c2C1. The number of aromatic nitrogens is 3. The van der Waals surface area contributed by atoms with Crippen LogP contribution < -0.4 is 0 Å². The number of fused-ring (bicyclic) bond motifs is 1. The van der Waals surface area contributed by atoms with E-state index in [1.165, 1.54) is 0 Å². The van der Waals surface area contributed by atoms with Crippen LogP contribution in [-0.4, -0.2) is 37.9 Å². The summed E-state index contributed by atoms with van der Waals surface area (Å²) in [6, 6.07) is 0. The highest BCUT2D eigenvalue weighted by atomic mass is 32.1. The highest BCUT2D eigenvalue weighted by Gasteiger charge is 2.28. The van der Waals surface area contributed by atoms with Crippen molar-refractivity contribution in [3.8, 4) is 11.3 Å². The maximum Gasteiger partial charge on any atom is 0.410 e. The normalized spacial score (nSPS) is 14.9. The first-order valence-electron chi connectivity index (χ1n) is 6.85. The van der Waals surface area contributed by atoms with E-state index in [2.05, 4.69) is 10.1 Å². The van der Waals surface area contributed by atoms with Gasteiger partial charge in [-0.3, -0.25) is 4.68 Å². The van der Waals surface area contributed by atoms with E-state index in [-0.39, 0.29) is 6.09 Å². The number of carbonyl (C=O) groups excluding carboxylic acids is 1. The molecule has 2 aromatic rings. The summed E-state index contributed by atoms with van der Waals surface area (Å²) < 4.78 is 7.38. The van der Waals surface area contributed by atoms with Gasteiger partial charge in [-0.05, 0) is 20.8 Å². The summed E-state index contributed by atoms with van der Waals surface area (Å²) in [5.41, 5.74) is 4.23. The summed E-state index contributed by atoms with van der Waals surface area (Å²) in [7, 11) is 0. The van der Waals surface area contributed by atoms with Crippen LogP contribution in [0.15, 0.2) is 17.1 Å². The van der Waals surface area contributed by atoms with Crippen LogP contribution in [0.4, 0.5) is 4.79 Å². The molecule has 1 amide bonds. The molecule has 112 valence electrons. The summed E-state index contributed by atoms with van der Waals surface area (Å²) in [4.78, 5) is 18.3. The number of rotatable bonds is 1. The lowest BCUT2D eigenvalue weighted by Crippen LogP contribution is -2.41. The van der Waals surface area contributed by atoms with Gasteiger partial charge >= 0.3 is 6.09 Å². The van der Waals surface area contributed by atoms with Crippen LogP contribution in [0.2, 0.25) is 0 Å². The minimum Gasteiger partial charge on any atom is -0.444 e. The van der Waals surface area contributed by atoms with Crippen LogP contribution in [0.5, 0.6) is 0 Å². The maximum absolute atomic E-state index is 12.2. The molecule has 2 aromatic heterocycles. The van der Waals surface area contributed by atoms with Crippen molar-refractivity contribution in [2.24, 2.45) is 0 Å². The molecule has 0 atom stereocenters. The molecule has 0 bridgehead atoms. The van der Waals surface area contributed by atoms with E-state index in [9.17, 15) is 4.79 Å². The van der Waals surface area contributed by atoms with Gasteiger partial charge in [-0.2, -0.15) is 5.10 Å². The van der Waals surface area contributed by atoms with Gasteiger partial charge in [0, 0.05) is 17.5 Å². The summed E-state index contributed by atoms with van der Waals surface area (Å²) in [5, 5.41) is 6.37. The Hall–Kier alpha value is -1.89. The molecule has 0 radical (unpaired) electrons. The second-order valence-electron chi connectivity index (χ2n) is 6.00. The highest BCUT2D eigenvalue weighted by Crippen LogP contribution is 2.27. The van der Waals surface area contributed by atoms with Gasteiger partial charge in [0.1, 0.15) is 5.60 Å². The molecular weight excluding hydrogens is 288 g/mol. The van der Waals surface area contributed by atoms with Gasteiger partial charge < -0.3 is 9.64 Å². The van der Waals surface area contributed by atoms with Crippen LogP contribution >= 0.6 is 11.3 Å².